The van der Waals surface area contributed by atoms with Gasteiger partial charge in [0.1, 0.15) is 29.0 Å². The van der Waals surface area contributed by atoms with Crippen molar-refractivity contribution in [2.75, 3.05) is 13.7 Å². The molecule has 3 aliphatic rings. The molecule has 51 heavy (non-hydrogen) atoms. The van der Waals surface area contributed by atoms with Crippen LogP contribution in [0, 0.1) is 11.3 Å². The van der Waals surface area contributed by atoms with Crippen molar-refractivity contribution in [3.8, 4) is 11.4 Å². The summed E-state index contributed by atoms with van der Waals surface area (Å²) in [5, 5.41) is 15.1. The Bertz CT molecular complexity index is 1780. The number of tetrazole rings is 1. The summed E-state index contributed by atoms with van der Waals surface area (Å²) in [5.41, 5.74) is 2.74. The molecule has 0 spiro atoms. The van der Waals surface area contributed by atoms with Gasteiger partial charge >= 0.3 is 6.09 Å². The number of nitrogens with one attached hydrogen (secondary N) is 4. The Labute approximate surface area is 297 Å². The first-order valence-electron chi connectivity index (χ1n) is 16.8. The topological polar surface area (TPSA) is 216 Å². The molecule has 1 aromatic carbocycles. The minimum absolute atomic E-state index is 0.00602. The van der Waals surface area contributed by atoms with E-state index in [1.807, 2.05) is 0 Å². The highest BCUT2D eigenvalue weighted by Gasteiger charge is 2.62. The Morgan fingerprint density at radius 2 is 1.75 bits per heavy atom. The van der Waals surface area contributed by atoms with Gasteiger partial charge in [0, 0.05) is 18.4 Å². The normalized spacial score (nSPS) is 23.9. The van der Waals surface area contributed by atoms with E-state index in [2.05, 4.69) is 42.9 Å². The fourth-order valence-electron chi connectivity index (χ4n) is 6.00. The lowest BCUT2D eigenvalue weighted by Gasteiger charge is -2.36. The SMILES string of the molecule is C=C[C@@H]1C[C@]1(NC(=O)[C@@H]1C[C@@H](c2nnn(-c3ccc(OC)cc3)n2)CN1C(=O)[C@@H](NNC(=O)OC(C)(C)C)C(C)(C)C)C(=O)NS(=O)(=O)C1CC1. The predicted octanol–water partition coefficient (Wildman–Crippen LogP) is 1.47. The lowest BCUT2D eigenvalue weighted by Crippen LogP contribution is -2.61. The van der Waals surface area contributed by atoms with Gasteiger partial charge in [-0.3, -0.25) is 24.5 Å². The Balaban J connectivity index is 1.42. The molecular weight excluding hydrogens is 682 g/mol. The number of hydrogen-bond acceptors (Lipinski definition) is 12. The van der Waals surface area contributed by atoms with Crippen molar-refractivity contribution in [2.45, 2.75) is 102 Å². The van der Waals surface area contributed by atoms with Crippen LogP contribution >= 0.6 is 0 Å². The highest BCUT2D eigenvalue weighted by molar-refractivity contribution is 7.91. The summed E-state index contributed by atoms with van der Waals surface area (Å²) >= 11 is 0. The van der Waals surface area contributed by atoms with Crippen molar-refractivity contribution in [1.29, 1.82) is 0 Å². The van der Waals surface area contributed by atoms with Gasteiger partial charge in [-0.2, -0.15) is 0 Å². The summed E-state index contributed by atoms with van der Waals surface area (Å²) in [5.74, 6) is -2.17. The van der Waals surface area contributed by atoms with Crippen molar-refractivity contribution in [3.63, 3.8) is 0 Å². The Hall–Kier alpha value is -4.58. The highest BCUT2D eigenvalue weighted by Crippen LogP contribution is 2.46. The molecule has 17 nitrogen and oxygen atoms in total. The van der Waals surface area contributed by atoms with Crippen molar-refractivity contribution >= 4 is 33.8 Å². The number of hydrazine groups is 1. The molecule has 3 fully saturated rings. The van der Waals surface area contributed by atoms with Crippen LogP contribution < -0.4 is 25.6 Å². The summed E-state index contributed by atoms with van der Waals surface area (Å²) in [6.45, 7) is 14.3. The van der Waals surface area contributed by atoms with Crippen LogP contribution in [0.3, 0.4) is 0 Å². The van der Waals surface area contributed by atoms with Gasteiger partial charge < -0.3 is 19.7 Å². The number of carbonyl (C=O) groups is 4. The predicted molar refractivity (Wildman–Crippen MR) is 184 cm³/mol. The van der Waals surface area contributed by atoms with Gasteiger partial charge in [-0.15, -0.1) is 21.6 Å². The molecule has 2 saturated carbocycles. The van der Waals surface area contributed by atoms with Crippen molar-refractivity contribution in [2.24, 2.45) is 11.3 Å². The van der Waals surface area contributed by atoms with Crippen molar-refractivity contribution in [3.05, 3.63) is 42.7 Å². The molecule has 0 bridgehead atoms. The molecule has 2 aliphatic carbocycles. The molecule has 0 unspecified atom stereocenters. The van der Waals surface area contributed by atoms with Gasteiger partial charge in [0.2, 0.25) is 21.8 Å². The number of nitrogens with zero attached hydrogens (tertiary/aromatic N) is 5. The zero-order chi connectivity index (χ0) is 37.5. The van der Waals surface area contributed by atoms with E-state index < -0.39 is 79.6 Å². The van der Waals surface area contributed by atoms with E-state index in [1.165, 1.54) is 15.8 Å². The maximum absolute atomic E-state index is 14.4. The summed E-state index contributed by atoms with van der Waals surface area (Å²) in [7, 11) is -2.34. The molecule has 1 saturated heterocycles. The average molecular weight is 730 g/mol. The molecule has 2 heterocycles. The first-order chi connectivity index (χ1) is 23.8. The molecule has 0 radical (unpaired) electrons. The van der Waals surface area contributed by atoms with Gasteiger partial charge in [-0.05, 0) is 81.3 Å². The molecule has 18 heteroatoms. The number of rotatable bonds is 12. The maximum atomic E-state index is 14.4. The number of methoxy groups -OCH3 is 1. The smallest absolute Gasteiger partial charge is 0.422 e. The van der Waals surface area contributed by atoms with Crippen LogP contribution in [0.2, 0.25) is 0 Å². The summed E-state index contributed by atoms with van der Waals surface area (Å²) in [4.78, 5) is 57.3. The maximum Gasteiger partial charge on any atom is 0.422 e. The quantitative estimate of drug-likeness (QED) is 0.181. The molecule has 5 rings (SSSR count). The summed E-state index contributed by atoms with van der Waals surface area (Å²) < 4.78 is 38.0. The van der Waals surface area contributed by atoms with E-state index in [1.54, 1.807) is 72.9 Å². The lowest BCUT2D eigenvalue weighted by atomic mass is 9.86. The van der Waals surface area contributed by atoms with Crippen LogP contribution in [0.25, 0.3) is 5.69 Å². The fourth-order valence-corrected chi connectivity index (χ4v) is 7.36. The monoisotopic (exact) mass is 729 g/mol. The zero-order valence-corrected chi connectivity index (χ0v) is 30.7. The third kappa shape index (κ3) is 8.49. The van der Waals surface area contributed by atoms with E-state index in [9.17, 15) is 27.6 Å². The minimum atomic E-state index is -3.90. The summed E-state index contributed by atoms with van der Waals surface area (Å²) in [6, 6.07) is 4.83. The van der Waals surface area contributed by atoms with Gasteiger partial charge in [0.05, 0.1) is 18.0 Å². The zero-order valence-electron chi connectivity index (χ0n) is 29.9. The molecule has 5 atom stereocenters. The molecule has 1 aliphatic heterocycles. The van der Waals surface area contributed by atoms with Gasteiger partial charge in [0.25, 0.3) is 5.91 Å². The molecule has 2 aromatic rings. The van der Waals surface area contributed by atoms with Crippen molar-refractivity contribution < 1.29 is 37.1 Å². The number of aromatic nitrogens is 4. The van der Waals surface area contributed by atoms with Gasteiger partial charge in [-0.1, -0.05) is 26.8 Å². The molecule has 1 aromatic heterocycles. The number of ether oxygens (including phenoxy) is 2. The van der Waals surface area contributed by atoms with Crippen LogP contribution in [0.4, 0.5) is 4.79 Å². The van der Waals surface area contributed by atoms with Crippen LogP contribution in [-0.2, 0) is 29.1 Å². The number of hydrogen-bond donors (Lipinski definition) is 4. The third-order valence-corrected chi connectivity index (χ3v) is 10.9. The molecular formula is C33H47N9O8S. The highest BCUT2D eigenvalue weighted by atomic mass is 32.2. The molecule has 278 valence electrons. The second-order valence-electron chi connectivity index (χ2n) is 15.3. The van der Waals surface area contributed by atoms with Gasteiger partial charge in [0.15, 0.2) is 5.82 Å². The third-order valence-electron chi connectivity index (χ3n) is 9.06. The first-order valence-corrected chi connectivity index (χ1v) is 18.3. The lowest BCUT2D eigenvalue weighted by molar-refractivity contribution is -0.143. The Morgan fingerprint density at radius 1 is 1.08 bits per heavy atom. The van der Waals surface area contributed by atoms with Crippen molar-refractivity contribution in [1.82, 2.24) is 46.0 Å². The first kappa shape index (κ1) is 37.7. The van der Waals surface area contributed by atoms with Crippen LogP contribution in [-0.4, -0.2) is 99.5 Å². The second-order valence-corrected chi connectivity index (χ2v) is 17.3. The second kappa shape index (κ2) is 13.9. The summed E-state index contributed by atoms with van der Waals surface area (Å²) in [6.07, 6.45) is 1.82. The minimum Gasteiger partial charge on any atom is -0.497 e. The molecule has 4 amide bonds. The van der Waals surface area contributed by atoms with E-state index in [0.29, 0.717) is 24.3 Å². The Kier molecular flexibility index (Phi) is 10.2. The number of benzene rings is 1. The van der Waals surface area contributed by atoms with E-state index >= 15 is 0 Å². The number of carbonyl (C=O) groups excluding carboxylic acids is 4. The van der Waals surface area contributed by atoms with E-state index in [0.717, 1.165) is 0 Å². The number of likely N-dealkylation sites (tertiary alicyclic amines) is 1. The average Bonchev–Trinajstić information content (AvgIpc) is 3.92. The number of amides is 4. The van der Waals surface area contributed by atoms with Gasteiger partial charge in [-0.25, -0.2) is 18.6 Å². The Morgan fingerprint density at radius 3 is 2.29 bits per heavy atom. The largest absolute Gasteiger partial charge is 0.497 e. The van der Waals surface area contributed by atoms with Crippen LogP contribution in [0.1, 0.15) is 79.0 Å². The van der Waals surface area contributed by atoms with E-state index in [4.69, 9.17) is 9.47 Å². The number of sulfonamides is 1. The standard InChI is InChI=1S/C33H47N9O8S/c1-9-20-17-33(20,29(45)39-51(47,48)23-14-15-23)34-27(43)24-16-19(26-36-40-42(38-26)21-10-12-22(49-8)13-11-21)18-41(24)28(44)25(31(2,3)4)35-37-30(46)50-32(5,6)7/h9-13,19-20,23-25,35H,1,14-18H2,2-8H3,(H,34,43)(H,37,46)(H,39,45)/t19-,20-,24+,25-,33-/m1/s1. The van der Waals surface area contributed by atoms with Crippen LogP contribution in [0.5, 0.6) is 5.75 Å². The fraction of sp³-hybridized carbons (Fsp3) is 0.606. The molecule has 4 N–H and O–H groups in total. The van der Waals surface area contributed by atoms with E-state index in [-0.39, 0.29) is 25.2 Å². The van der Waals surface area contributed by atoms with Crippen LogP contribution in [0.15, 0.2) is 36.9 Å².